The number of amides is 1. The Morgan fingerprint density at radius 1 is 1.13 bits per heavy atom. The molecule has 0 aromatic heterocycles. The highest BCUT2D eigenvalue weighted by Crippen LogP contribution is 2.35. The first-order valence-electron chi connectivity index (χ1n) is 10.4. The number of benzene rings is 2. The number of rotatable bonds is 6. The number of nitrogens with two attached hydrogens (primary N) is 1. The van der Waals surface area contributed by atoms with Crippen molar-refractivity contribution in [2.75, 3.05) is 26.7 Å². The molecule has 2 aromatic carbocycles. The monoisotopic (exact) mass is 413 g/mol. The zero-order valence-corrected chi connectivity index (χ0v) is 17.4. The Kier molecular flexibility index (Phi) is 5.92. The number of halogens is 1. The molecule has 160 valence electrons. The minimum atomic E-state index is -0.512. The molecular weight excluding hydrogens is 385 g/mol. The van der Waals surface area contributed by atoms with E-state index in [9.17, 15) is 9.18 Å². The number of ether oxygens (including phenoxy) is 2. The van der Waals surface area contributed by atoms with Crippen LogP contribution in [0.2, 0.25) is 0 Å². The Morgan fingerprint density at radius 3 is 2.53 bits per heavy atom. The lowest BCUT2D eigenvalue weighted by Crippen LogP contribution is -2.54. The van der Waals surface area contributed by atoms with Gasteiger partial charge in [0, 0.05) is 43.8 Å². The summed E-state index contributed by atoms with van der Waals surface area (Å²) in [5.74, 6) is 0.222. The van der Waals surface area contributed by atoms with Gasteiger partial charge in [-0.25, -0.2) is 4.39 Å². The van der Waals surface area contributed by atoms with Crippen LogP contribution in [0, 0.1) is 5.82 Å². The number of methoxy groups -OCH3 is 1. The van der Waals surface area contributed by atoms with Crippen LogP contribution in [0.1, 0.15) is 35.7 Å². The number of carbonyl (C=O) groups is 1. The van der Waals surface area contributed by atoms with E-state index in [0.717, 1.165) is 13.1 Å². The Bertz CT molecular complexity index is 932. The molecule has 2 aliphatic rings. The summed E-state index contributed by atoms with van der Waals surface area (Å²) >= 11 is 0. The summed E-state index contributed by atoms with van der Waals surface area (Å²) < 4.78 is 25.5. The van der Waals surface area contributed by atoms with Crippen LogP contribution >= 0.6 is 0 Å². The minimum Gasteiger partial charge on any atom is -0.493 e. The summed E-state index contributed by atoms with van der Waals surface area (Å²) in [5, 5.41) is 0. The molecule has 1 amide bonds. The third-order valence-electron chi connectivity index (χ3n) is 5.85. The molecule has 1 saturated carbocycles. The Morgan fingerprint density at radius 2 is 1.90 bits per heavy atom. The van der Waals surface area contributed by atoms with E-state index in [1.807, 2.05) is 4.90 Å². The molecule has 30 heavy (non-hydrogen) atoms. The van der Waals surface area contributed by atoms with E-state index >= 15 is 0 Å². The van der Waals surface area contributed by atoms with E-state index in [2.05, 4.69) is 11.8 Å². The van der Waals surface area contributed by atoms with E-state index in [1.54, 1.807) is 24.3 Å². The maximum atomic E-state index is 14.4. The maximum Gasteiger partial charge on any atom is 0.254 e. The first-order chi connectivity index (χ1) is 14.5. The van der Waals surface area contributed by atoms with Gasteiger partial charge in [0.25, 0.3) is 5.91 Å². The summed E-state index contributed by atoms with van der Waals surface area (Å²) in [6.07, 6.45) is 2.53. The molecule has 1 aliphatic carbocycles. The summed E-state index contributed by atoms with van der Waals surface area (Å²) in [7, 11) is 1.51. The van der Waals surface area contributed by atoms with Crippen molar-refractivity contribution in [1.29, 1.82) is 0 Å². The molecule has 4 rings (SSSR count). The fourth-order valence-electron chi connectivity index (χ4n) is 3.99. The molecule has 1 atom stereocenters. The average molecular weight is 413 g/mol. The second-order valence-electron chi connectivity index (χ2n) is 8.01. The van der Waals surface area contributed by atoms with Crippen molar-refractivity contribution in [3.63, 3.8) is 0 Å². The molecule has 2 aromatic rings. The van der Waals surface area contributed by atoms with Crippen LogP contribution < -0.4 is 15.2 Å². The SMILES string of the molecule is COc1ccc(C(=O)N2CCN(C3CC3)CC2C)cc1Oc1ccc(CN)cc1F. The molecular formula is C23H28FN3O3. The van der Waals surface area contributed by atoms with Crippen LogP contribution in [0.4, 0.5) is 4.39 Å². The summed E-state index contributed by atoms with van der Waals surface area (Å²) in [5.41, 5.74) is 6.73. The zero-order valence-electron chi connectivity index (χ0n) is 17.4. The Hall–Kier alpha value is -2.64. The van der Waals surface area contributed by atoms with E-state index < -0.39 is 5.82 Å². The van der Waals surface area contributed by atoms with E-state index in [4.69, 9.17) is 15.2 Å². The lowest BCUT2D eigenvalue weighted by Gasteiger charge is -2.40. The second-order valence-corrected chi connectivity index (χ2v) is 8.01. The first-order valence-corrected chi connectivity index (χ1v) is 10.4. The van der Waals surface area contributed by atoms with Crippen molar-refractivity contribution in [3.05, 3.63) is 53.3 Å². The molecule has 1 heterocycles. The molecule has 0 spiro atoms. The fraction of sp³-hybridized carbons (Fsp3) is 0.435. The molecule has 7 heteroatoms. The molecule has 1 saturated heterocycles. The first kappa shape index (κ1) is 20.6. The van der Waals surface area contributed by atoms with Crippen LogP contribution in [0.5, 0.6) is 17.2 Å². The predicted molar refractivity (Wildman–Crippen MR) is 112 cm³/mol. The van der Waals surface area contributed by atoms with Gasteiger partial charge in [-0.1, -0.05) is 6.07 Å². The number of hydrogen-bond donors (Lipinski definition) is 1. The van der Waals surface area contributed by atoms with Gasteiger partial charge in [-0.15, -0.1) is 0 Å². The van der Waals surface area contributed by atoms with Crippen molar-refractivity contribution in [3.8, 4) is 17.2 Å². The van der Waals surface area contributed by atoms with Gasteiger partial charge in [0.05, 0.1) is 7.11 Å². The van der Waals surface area contributed by atoms with Crippen molar-refractivity contribution >= 4 is 5.91 Å². The number of hydrogen-bond acceptors (Lipinski definition) is 5. The van der Waals surface area contributed by atoms with Gasteiger partial charge in [0.15, 0.2) is 23.1 Å². The molecule has 2 N–H and O–H groups in total. The van der Waals surface area contributed by atoms with Gasteiger partial charge >= 0.3 is 0 Å². The van der Waals surface area contributed by atoms with Crippen LogP contribution in [0.25, 0.3) is 0 Å². The maximum absolute atomic E-state index is 14.4. The van der Waals surface area contributed by atoms with Crippen molar-refractivity contribution in [1.82, 2.24) is 9.80 Å². The summed E-state index contributed by atoms with van der Waals surface area (Å²) in [6.45, 7) is 4.83. The Balaban J connectivity index is 1.54. The molecule has 6 nitrogen and oxygen atoms in total. The standard InChI is InChI=1S/C23H28FN3O3/c1-15-14-26(18-5-6-18)9-10-27(15)23(28)17-4-8-21(29-2)22(12-17)30-20-7-3-16(13-25)11-19(20)24/h3-4,7-8,11-12,15,18H,5-6,9-10,13-14,25H2,1-2H3. The topological polar surface area (TPSA) is 68.0 Å². The quantitative estimate of drug-likeness (QED) is 0.786. The highest BCUT2D eigenvalue weighted by Gasteiger charge is 2.35. The average Bonchev–Trinajstić information content (AvgIpc) is 3.60. The number of piperazine rings is 1. The molecule has 1 unspecified atom stereocenters. The smallest absolute Gasteiger partial charge is 0.254 e. The van der Waals surface area contributed by atoms with Crippen LogP contribution in [0.15, 0.2) is 36.4 Å². The molecule has 0 radical (unpaired) electrons. The third-order valence-corrected chi connectivity index (χ3v) is 5.85. The minimum absolute atomic E-state index is 0.0515. The normalized spacial score (nSPS) is 19.6. The van der Waals surface area contributed by atoms with E-state index in [-0.39, 0.29) is 24.2 Å². The second kappa shape index (κ2) is 8.62. The molecule has 2 fully saturated rings. The van der Waals surface area contributed by atoms with Crippen molar-refractivity contribution < 1.29 is 18.7 Å². The highest BCUT2D eigenvalue weighted by molar-refractivity contribution is 5.95. The van der Waals surface area contributed by atoms with E-state index in [0.29, 0.717) is 35.2 Å². The summed E-state index contributed by atoms with van der Waals surface area (Å²) in [4.78, 5) is 17.6. The third kappa shape index (κ3) is 4.27. The number of nitrogens with zero attached hydrogens (tertiary/aromatic N) is 2. The zero-order chi connectivity index (χ0) is 21.3. The number of carbonyl (C=O) groups excluding carboxylic acids is 1. The van der Waals surface area contributed by atoms with Gasteiger partial charge in [-0.05, 0) is 55.7 Å². The van der Waals surface area contributed by atoms with Gasteiger partial charge in [0.2, 0.25) is 0 Å². The van der Waals surface area contributed by atoms with Gasteiger partial charge in [0.1, 0.15) is 0 Å². The van der Waals surface area contributed by atoms with Crippen LogP contribution in [-0.4, -0.2) is 54.5 Å². The largest absolute Gasteiger partial charge is 0.493 e. The van der Waals surface area contributed by atoms with Crippen molar-refractivity contribution in [2.45, 2.75) is 38.4 Å². The summed E-state index contributed by atoms with van der Waals surface area (Å²) in [6, 6.07) is 10.5. The lowest BCUT2D eigenvalue weighted by atomic mass is 10.1. The van der Waals surface area contributed by atoms with Gasteiger partial charge in [-0.2, -0.15) is 0 Å². The van der Waals surface area contributed by atoms with Gasteiger partial charge < -0.3 is 20.1 Å². The molecule has 0 bridgehead atoms. The van der Waals surface area contributed by atoms with Crippen LogP contribution in [0.3, 0.4) is 0 Å². The van der Waals surface area contributed by atoms with Gasteiger partial charge in [-0.3, -0.25) is 9.69 Å². The van der Waals surface area contributed by atoms with Crippen molar-refractivity contribution in [2.24, 2.45) is 5.73 Å². The van der Waals surface area contributed by atoms with E-state index in [1.165, 1.54) is 32.1 Å². The fourth-order valence-corrected chi connectivity index (χ4v) is 3.99. The van der Waals surface area contributed by atoms with Crippen LogP contribution in [-0.2, 0) is 6.54 Å². The highest BCUT2D eigenvalue weighted by atomic mass is 19.1. The lowest BCUT2D eigenvalue weighted by molar-refractivity contribution is 0.0473. The Labute approximate surface area is 176 Å². The molecule has 1 aliphatic heterocycles. The predicted octanol–water partition coefficient (Wildman–Crippen LogP) is 3.39.